The van der Waals surface area contributed by atoms with E-state index in [1.54, 1.807) is 0 Å². The van der Waals surface area contributed by atoms with E-state index in [0.29, 0.717) is 5.54 Å². The normalized spacial score (nSPS) is 31.0. The summed E-state index contributed by atoms with van der Waals surface area (Å²) in [6, 6.07) is 0.923. The van der Waals surface area contributed by atoms with E-state index in [1.165, 1.54) is 51.9 Å². The standard InChI is InChI=1S/C13H26N2/c1-13(2,3)15-9-5-7-12-6-4-8-14(12)10-11-15/h12H,4-11H2,1-3H3. The molecule has 2 aliphatic rings. The number of nitrogens with zero attached hydrogens (tertiary/aromatic N) is 2. The Bertz CT molecular complexity index is 207. The van der Waals surface area contributed by atoms with E-state index in [2.05, 4.69) is 30.6 Å². The van der Waals surface area contributed by atoms with Gasteiger partial charge in [-0.25, -0.2) is 0 Å². The first-order valence-electron chi connectivity index (χ1n) is 6.56. The highest BCUT2D eigenvalue weighted by Gasteiger charge is 2.29. The summed E-state index contributed by atoms with van der Waals surface area (Å²) >= 11 is 0. The van der Waals surface area contributed by atoms with Crippen LogP contribution >= 0.6 is 0 Å². The molecule has 2 rings (SSSR count). The quantitative estimate of drug-likeness (QED) is 0.605. The zero-order chi connectivity index (χ0) is 10.9. The highest BCUT2D eigenvalue weighted by molar-refractivity contribution is 4.85. The Morgan fingerprint density at radius 2 is 1.53 bits per heavy atom. The molecule has 2 heteroatoms. The van der Waals surface area contributed by atoms with Gasteiger partial charge in [0.2, 0.25) is 0 Å². The summed E-state index contributed by atoms with van der Waals surface area (Å²) in [6.45, 7) is 12.2. The first kappa shape index (κ1) is 11.4. The topological polar surface area (TPSA) is 6.48 Å². The highest BCUT2D eigenvalue weighted by Crippen LogP contribution is 2.25. The minimum atomic E-state index is 0.354. The highest BCUT2D eigenvalue weighted by atomic mass is 15.3. The Morgan fingerprint density at radius 3 is 2.20 bits per heavy atom. The zero-order valence-electron chi connectivity index (χ0n) is 10.6. The average Bonchev–Trinajstić information content (AvgIpc) is 2.49. The number of hydrogen-bond acceptors (Lipinski definition) is 2. The SMILES string of the molecule is CC(C)(C)N1CCCC2CCCN2CC1. The van der Waals surface area contributed by atoms with Gasteiger partial charge < -0.3 is 0 Å². The third kappa shape index (κ3) is 2.73. The molecule has 15 heavy (non-hydrogen) atoms. The van der Waals surface area contributed by atoms with Crippen molar-refractivity contribution in [1.29, 1.82) is 0 Å². The third-order valence-electron chi connectivity index (χ3n) is 4.07. The maximum atomic E-state index is 2.72. The molecule has 88 valence electrons. The van der Waals surface area contributed by atoms with Crippen LogP contribution in [0.25, 0.3) is 0 Å². The van der Waals surface area contributed by atoms with Crippen LogP contribution in [0.1, 0.15) is 46.5 Å². The lowest BCUT2D eigenvalue weighted by Gasteiger charge is -2.40. The molecular formula is C13H26N2. The molecule has 2 saturated heterocycles. The van der Waals surface area contributed by atoms with Gasteiger partial charge in [-0.1, -0.05) is 0 Å². The van der Waals surface area contributed by atoms with Crippen LogP contribution in [-0.4, -0.2) is 47.6 Å². The number of rotatable bonds is 0. The lowest BCUT2D eigenvalue weighted by atomic mass is 10.0. The van der Waals surface area contributed by atoms with Gasteiger partial charge in [-0.3, -0.25) is 9.80 Å². The summed E-state index contributed by atoms with van der Waals surface area (Å²) in [4.78, 5) is 5.37. The number of hydrogen-bond donors (Lipinski definition) is 0. The van der Waals surface area contributed by atoms with Crippen LogP contribution in [0, 0.1) is 0 Å². The molecule has 2 aliphatic heterocycles. The summed E-state index contributed by atoms with van der Waals surface area (Å²) in [6.07, 6.45) is 5.70. The van der Waals surface area contributed by atoms with Gasteiger partial charge in [0.15, 0.2) is 0 Å². The van der Waals surface area contributed by atoms with Gasteiger partial charge in [0.1, 0.15) is 0 Å². The molecule has 0 bridgehead atoms. The summed E-state index contributed by atoms with van der Waals surface area (Å²) < 4.78 is 0. The van der Waals surface area contributed by atoms with E-state index in [4.69, 9.17) is 0 Å². The van der Waals surface area contributed by atoms with Gasteiger partial charge in [-0.15, -0.1) is 0 Å². The summed E-state index contributed by atoms with van der Waals surface area (Å²) in [7, 11) is 0. The first-order chi connectivity index (χ1) is 7.07. The van der Waals surface area contributed by atoms with Crippen molar-refractivity contribution in [3.8, 4) is 0 Å². The van der Waals surface area contributed by atoms with E-state index in [-0.39, 0.29) is 0 Å². The van der Waals surface area contributed by atoms with Crippen molar-refractivity contribution in [3.63, 3.8) is 0 Å². The van der Waals surface area contributed by atoms with Gasteiger partial charge in [-0.05, 0) is 59.5 Å². The Morgan fingerprint density at radius 1 is 0.867 bits per heavy atom. The number of fused-ring (bicyclic) bond motifs is 1. The van der Waals surface area contributed by atoms with Crippen LogP contribution in [0.4, 0.5) is 0 Å². The minimum absolute atomic E-state index is 0.354. The van der Waals surface area contributed by atoms with E-state index >= 15 is 0 Å². The van der Waals surface area contributed by atoms with Gasteiger partial charge in [0.05, 0.1) is 0 Å². The molecule has 0 aromatic carbocycles. The van der Waals surface area contributed by atoms with Crippen molar-refractivity contribution < 1.29 is 0 Å². The fourth-order valence-corrected chi connectivity index (χ4v) is 3.07. The predicted octanol–water partition coefficient (Wildman–Crippen LogP) is 2.35. The molecule has 2 nitrogen and oxygen atoms in total. The largest absolute Gasteiger partial charge is 0.299 e. The smallest absolute Gasteiger partial charge is 0.0125 e. The molecule has 0 radical (unpaired) electrons. The Labute approximate surface area is 94.6 Å². The Hall–Kier alpha value is -0.0800. The Balaban J connectivity index is 1.93. The van der Waals surface area contributed by atoms with E-state index in [1.807, 2.05) is 0 Å². The van der Waals surface area contributed by atoms with Crippen LogP contribution in [0.3, 0.4) is 0 Å². The second kappa shape index (κ2) is 4.42. The van der Waals surface area contributed by atoms with Crippen LogP contribution in [0.5, 0.6) is 0 Å². The van der Waals surface area contributed by atoms with E-state index in [9.17, 15) is 0 Å². The summed E-state index contributed by atoms with van der Waals surface area (Å²) in [5.74, 6) is 0. The molecule has 0 saturated carbocycles. The fraction of sp³-hybridized carbons (Fsp3) is 1.00. The third-order valence-corrected chi connectivity index (χ3v) is 4.07. The molecule has 0 aliphatic carbocycles. The zero-order valence-corrected chi connectivity index (χ0v) is 10.6. The van der Waals surface area contributed by atoms with E-state index < -0.39 is 0 Å². The molecule has 0 spiro atoms. The van der Waals surface area contributed by atoms with Crippen molar-refractivity contribution >= 4 is 0 Å². The molecule has 0 aromatic heterocycles. The van der Waals surface area contributed by atoms with Crippen molar-refractivity contribution in [1.82, 2.24) is 9.80 Å². The van der Waals surface area contributed by atoms with Crippen LogP contribution < -0.4 is 0 Å². The van der Waals surface area contributed by atoms with Crippen LogP contribution in [0.2, 0.25) is 0 Å². The van der Waals surface area contributed by atoms with Crippen LogP contribution in [0.15, 0.2) is 0 Å². The molecular weight excluding hydrogens is 184 g/mol. The first-order valence-corrected chi connectivity index (χ1v) is 6.56. The predicted molar refractivity (Wildman–Crippen MR) is 65.2 cm³/mol. The van der Waals surface area contributed by atoms with Gasteiger partial charge in [-0.2, -0.15) is 0 Å². The van der Waals surface area contributed by atoms with Crippen molar-refractivity contribution in [3.05, 3.63) is 0 Å². The second-order valence-electron chi connectivity index (χ2n) is 6.13. The minimum Gasteiger partial charge on any atom is -0.299 e. The molecule has 0 aromatic rings. The summed E-state index contributed by atoms with van der Waals surface area (Å²) in [5.41, 5.74) is 0.354. The van der Waals surface area contributed by atoms with Gasteiger partial charge in [0.25, 0.3) is 0 Å². The molecule has 0 amide bonds. The average molecular weight is 210 g/mol. The van der Waals surface area contributed by atoms with E-state index in [0.717, 1.165) is 6.04 Å². The van der Waals surface area contributed by atoms with Crippen molar-refractivity contribution in [2.75, 3.05) is 26.2 Å². The molecule has 0 N–H and O–H groups in total. The summed E-state index contributed by atoms with van der Waals surface area (Å²) in [5, 5.41) is 0. The molecule has 2 fully saturated rings. The lowest BCUT2D eigenvalue weighted by Crippen LogP contribution is -2.48. The lowest BCUT2D eigenvalue weighted by molar-refractivity contribution is 0.0876. The van der Waals surface area contributed by atoms with Gasteiger partial charge in [0, 0.05) is 24.7 Å². The maximum Gasteiger partial charge on any atom is 0.0125 e. The van der Waals surface area contributed by atoms with Crippen LogP contribution in [-0.2, 0) is 0 Å². The second-order valence-corrected chi connectivity index (χ2v) is 6.13. The monoisotopic (exact) mass is 210 g/mol. The molecule has 1 unspecified atom stereocenters. The molecule has 2 heterocycles. The van der Waals surface area contributed by atoms with Crippen molar-refractivity contribution in [2.45, 2.75) is 58.0 Å². The molecule has 1 atom stereocenters. The van der Waals surface area contributed by atoms with Gasteiger partial charge >= 0.3 is 0 Å². The maximum absolute atomic E-state index is 2.72. The fourth-order valence-electron chi connectivity index (χ4n) is 3.07. The van der Waals surface area contributed by atoms with Crippen molar-refractivity contribution in [2.24, 2.45) is 0 Å². The Kier molecular flexibility index (Phi) is 3.36.